The summed E-state index contributed by atoms with van der Waals surface area (Å²) < 4.78 is 11.5. The summed E-state index contributed by atoms with van der Waals surface area (Å²) in [7, 11) is 0. The fourth-order valence-corrected chi connectivity index (χ4v) is 2.82. The van der Waals surface area contributed by atoms with Crippen molar-refractivity contribution in [3.63, 3.8) is 0 Å². The van der Waals surface area contributed by atoms with E-state index in [2.05, 4.69) is 13.8 Å². The van der Waals surface area contributed by atoms with Gasteiger partial charge in [0, 0.05) is 6.42 Å². The molecule has 5 nitrogen and oxygen atoms in total. The second kappa shape index (κ2) is 7.24. The highest BCUT2D eigenvalue weighted by atomic mass is 16.6. The molecule has 1 aliphatic rings. The SMILES string of the molecule is CC(C)c1ccccc1OC1CC(C=O)N(C(=O)OC(C)(C)C)C1. The minimum atomic E-state index is -0.590. The lowest BCUT2D eigenvalue weighted by Gasteiger charge is -2.26. The number of ether oxygens (including phenoxy) is 2. The molecule has 0 N–H and O–H groups in total. The molecule has 0 radical (unpaired) electrons. The normalized spacial score (nSPS) is 21.0. The summed E-state index contributed by atoms with van der Waals surface area (Å²) in [5, 5.41) is 0. The molecule has 2 unspecified atom stereocenters. The van der Waals surface area contributed by atoms with Crippen LogP contribution in [-0.4, -0.2) is 41.6 Å². The number of hydrogen-bond acceptors (Lipinski definition) is 4. The lowest BCUT2D eigenvalue weighted by atomic mass is 10.0. The first kappa shape index (κ1) is 18.3. The summed E-state index contributed by atoms with van der Waals surface area (Å²) in [4.78, 5) is 25.1. The van der Waals surface area contributed by atoms with E-state index < -0.39 is 17.7 Å². The van der Waals surface area contributed by atoms with Crippen molar-refractivity contribution in [3.8, 4) is 5.75 Å². The van der Waals surface area contributed by atoms with Crippen molar-refractivity contribution >= 4 is 12.4 Å². The molecule has 1 aliphatic heterocycles. The number of para-hydroxylation sites is 1. The fourth-order valence-electron chi connectivity index (χ4n) is 2.82. The van der Waals surface area contributed by atoms with Crippen molar-refractivity contribution in [1.82, 2.24) is 4.90 Å². The van der Waals surface area contributed by atoms with E-state index in [1.165, 1.54) is 4.90 Å². The van der Waals surface area contributed by atoms with Gasteiger partial charge < -0.3 is 14.3 Å². The van der Waals surface area contributed by atoms with E-state index in [1.54, 1.807) is 0 Å². The van der Waals surface area contributed by atoms with Gasteiger partial charge in [0.1, 0.15) is 23.7 Å². The van der Waals surface area contributed by atoms with Gasteiger partial charge in [0.2, 0.25) is 0 Å². The molecule has 1 heterocycles. The smallest absolute Gasteiger partial charge is 0.411 e. The number of rotatable bonds is 4. The molecule has 0 saturated carbocycles. The summed E-state index contributed by atoms with van der Waals surface area (Å²) in [6.07, 6.45) is 0.590. The van der Waals surface area contributed by atoms with Crippen LogP contribution < -0.4 is 4.74 Å². The van der Waals surface area contributed by atoms with E-state index in [4.69, 9.17) is 9.47 Å². The van der Waals surface area contributed by atoms with Gasteiger partial charge in [-0.1, -0.05) is 32.0 Å². The van der Waals surface area contributed by atoms with Gasteiger partial charge >= 0.3 is 6.09 Å². The largest absolute Gasteiger partial charge is 0.488 e. The van der Waals surface area contributed by atoms with E-state index in [0.29, 0.717) is 18.9 Å². The molecular weight excluding hydrogens is 306 g/mol. The fraction of sp³-hybridized carbons (Fsp3) is 0.579. The average molecular weight is 333 g/mol. The Hall–Kier alpha value is -2.04. The first-order valence-corrected chi connectivity index (χ1v) is 8.41. The third kappa shape index (κ3) is 4.49. The highest BCUT2D eigenvalue weighted by Crippen LogP contribution is 2.30. The molecule has 24 heavy (non-hydrogen) atoms. The van der Waals surface area contributed by atoms with Gasteiger partial charge in [-0.25, -0.2) is 4.79 Å². The summed E-state index contributed by atoms with van der Waals surface area (Å²) in [6, 6.07) is 7.38. The summed E-state index contributed by atoms with van der Waals surface area (Å²) in [5.74, 6) is 1.15. The molecule has 1 saturated heterocycles. The summed E-state index contributed by atoms with van der Waals surface area (Å²) in [6.45, 7) is 10.00. The highest BCUT2D eigenvalue weighted by Gasteiger charge is 2.38. The number of benzene rings is 1. The molecule has 0 bridgehead atoms. The number of nitrogens with zero attached hydrogens (tertiary/aromatic N) is 1. The Labute approximate surface area is 143 Å². The Morgan fingerprint density at radius 1 is 1.29 bits per heavy atom. The quantitative estimate of drug-likeness (QED) is 0.787. The van der Waals surface area contributed by atoms with E-state index in [9.17, 15) is 9.59 Å². The van der Waals surface area contributed by atoms with Crippen molar-refractivity contribution in [2.45, 2.75) is 64.7 Å². The third-order valence-electron chi connectivity index (χ3n) is 3.92. The first-order chi connectivity index (χ1) is 11.2. The third-order valence-corrected chi connectivity index (χ3v) is 3.92. The van der Waals surface area contributed by atoms with Crippen LogP contribution in [0.15, 0.2) is 24.3 Å². The van der Waals surface area contributed by atoms with Crippen molar-refractivity contribution in [3.05, 3.63) is 29.8 Å². The van der Waals surface area contributed by atoms with Gasteiger partial charge in [0.15, 0.2) is 0 Å². The van der Waals surface area contributed by atoms with Crippen LogP contribution in [0.25, 0.3) is 0 Å². The van der Waals surface area contributed by atoms with Crippen LogP contribution in [0.4, 0.5) is 4.79 Å². The van der Waals surface area contributed by atoms with E-state index >= 15 is 0 Å². The zero-order valence-electron chi connectivity index (χ0n) is 15.1. The van der Waals surface area contributed by atoms with Crippen molar-refractivity contribution in [2.24, 2.45) is 0 Å². The van der Waals surface area contributed by atoms with Crippen LogP contribution >= 0.6 is 0 Å². The van der Waals surface area contributed by atoms with Crippen LogP contribution in [0.5, 0.6) is 5.75 Å². The molecule has 1 fully saturated rings. The Balaban J connectivity index is 2.09. The monoisotopic (exact) mass is 333 g/mol. The number of hydrogen-bond donors (Lipinski definition) is 0. The molecule has 1 aromatic rings. The predicted molar refractivity (Wildman–Crippen MR) is 92.4 cm³/mol. The zero-order valence-corrected chi connectivity index (χ0v) is 15.1. The maximum absolute atomic E-state index is 12.3. The number of aldehydes is 1. The number of likely N-dealkylation sites (tertiary alicyclic amines) is 1. The average Bonchev–Trinajstić information content (AvgIpc) is 2.89. The maximum Gasteiger partial charge on any atom is 0.411 e. The Morgan fingerprint density at radius 2 is 1.96 bits per heavy atom. The number of carbonyl (C=O) groups excluding carboxylic acids is 2. The molecule has 0 aromatic heterocycles. The van der Waals surface area contributed by atoms with Crippen LogP contribution in [0, 0.1) is 0 Å². The molecule has 5 heteroatoms. The van der Waals surface area contributed by atoms with Crippen LogP contribution in [-0.2, 0) is 9.53 Å². The van der Waals surface area contributed by atoms with E-state index in [1.807, 2.05) is 45.0 Å². The van der Waals surface area contributed by atoms with Gasteiger partial charge in [-0.15, -0.1) is 0 Å². The second-order valence-electron chi connectivity index (χ2n) is 7.50. The lowest BCUT2D eigenvalue weighted by Crippen LogP contribution is -2.41. The standard InChI is InChI=1S/C19H27NO4/c1-13(2)16-8-6-7-9-17(16)23-15-10-14(12-21)20(11-15)18(22)24-19(3,4)5/h6-9,12-15H,10-11H2,1-5H3. The van der Waals surface area contributed by atoms with Crippen molar-refractivity contribution < 1.29 is 19.1 Å². The van der Waals surface area contributed by atoms with Crippen LogP contribution in [0.1, 0.15) is 52.5 Å². The second-order valence-corrected chi connectivity index (χ2v) is 7.50. The van der Waals surface area contributed by atoms with E-state index in [0.717, 1.165) is 17.6 Å². The topological polar surface area (TPSA) is 55.8 Å². The molecule has 1 amide bonds. The minimum absolute atomic E-state index is 0.215. The zero-order chi connectivity index (χ0) is 17.9. The molecule has 0 aliphatic carbocycles. The summed E-state index contributed by atoms with van der Waals surface area (Å²) >= 11 is 0. The molecule has 132 valence electrons. The Morgan fingerprint density at radius 3 is 2.54 bits per heavy atom. The maximum atomic E-state index is 12.3. The molecule has 2 atom stereocenters. The van der Waals surface area contributed by atoms with E-state index in [-0.39, 0.29) is 6.10 Å². The van der Waals surface area contributed by atoms with Crippen molar-refractivity contribution in [1.29, 1.82) is 0 Å². The number of carbonyl (C=O) groups is 2. The highest BCUT2D eigenvalue weighted by molar-refractivity contribution is 5.74. The minimum Gasteiger partial charge on any atom is -0.488 e. The first-order valence-electron chi connectivity index (χ1n) is 8.41. The van der Waals surface area contributed by atoms with Gasteiger partial charge in [0.05, 0.1) is 12.6 Å². The van der Waals surface area contributed by atoms with Gasteiger partial charge in [0.25, 0.3) is 0 Å². The summed E-state index contributed by atoms with van der Waals surface area (Å²) in [5.41, 5.74) is 0.532. The predicted octanol–water partition coefficient (Wildman–Crippen LogP) is 3.77. The molecular formula is C19H27NO4. The van der Waals surface area contributed by atoms with Gasteiger partial charge in [-0.2, -0.15) is 0 Å². The Bertz CT molecular complexity index is 591. The lowest BCUT2D eigenvalue weighted by molar-refractivity contribution is -0.111. The molecule has 1 aromatic carbocycles. The van der Waals surface area contributed by atoms with Gasteiger partial charge in [-0.3, -0.25) is 4.90 Å². The molecule has 0 spiro atoms. The van der Waals surface area contributed by atoms with Crippen LogP contribution in [0.2, 0.25) is 0 Å². The van der Waals surface area contributed by atoms with Gasteiger partial charge in [-0.05, 0) is 38.3 Å². The number of amides is 1. The van der Waals surface area contributed by atoms with Crippen LogP contribution in [0.3, 0.4) is 0 Å². The van der Waals surface area contributed by atoms with Crippen molar-refractivity contribution in [2.75, 3.05) is 6.54 Å². The Kier molecular flexibility index (Phi) is 5.52. The molecule has 2 rings (SSSR count).